The zero-order valence-corrected chi connectivity index (χ0v) is 12.6. The molecule has 1 aliphatic heterocycles. The number of aromatic nitrogens is 2. The van der Waals surface area contributed by atoms with Gasteiger partial charge in [0.05, 0.1) is 12.2 Å². The van der Waals surface area contributed by atoms with E-state index in [0.29, 0.717) is 38.7 Å². The third-order valence-electron chi connectivity index (χ3n) is 3.43. The van der Waals surface area contributed by atoms with Crippen LogP contribution in [-0.4, -0.2) is 64.8 Å². The Kier molecular flexibility index (Phi) is 5.51. The van der Waals surface area contributed by atoms with E-state index in [9.17, 15) is 9.59 Å². The molecular formula is C14H20N4O4. The second kappa shape index (κ2) is 7.58. The number of rotatable bonds is 5. The Balaban J connectivity index is 1.83. The number of hydrogen-bond donors (Lipinski definition) is 1. The fourth-order valence-corrected chi connectivity index (χ4v) is 2.08. The molecule has 120 valence electrons. The lowest BCUT2D eigenvalue weighted by Crippen LogP contribution is -2.49. The number of carbonyl (C=O) groups excluding carboxylic acids is 1. The van der Waals surface area contributed by atoms with Crippen molar-refractivity contribution in [1.29, 1.82) is 0 Å². The van der Waals surface area contributed by atoms with Crippen molar-refractivity contribution in [3.63, 3.8) is 0 Å². The Bertz CT molecular complexity index is 512. The van der Waals surface area contributed by atoms with E-state index in [0.717, 1.165) is 12.8 Å². The molecule has 1 aliphatic rings. The summed E-state index contributed by atoms with van der Waals surface area (Å²) in [6.07, 6.45) is 4.15. The van der Waals surface area contributed by atoms with Crippen molar-refractivity contribution in [2.45, 2.75) is 19.8 Å². The van der Waals surface area contributed by atoms with Gasteiger partial charge in [0.2, 0.25) is 5.95 Å². The normalized spacial score (nSPS) is 14.8. The summed E-state index contributed by atoms with van der Waals surface area (Å²) >= 11 is 0. The van der Waals surface area contributed by atoms with Gasteiger partial charge >= 0.3 is 12.1 Å². The predicted molar refractivity (Wildman–Crippen MR) is 79.0 cm³/mol. The van der Waals surface area contributed by atoms with E-state index in [1.165, 1.54) is 12.4 Å². The van der Waals surface area contributed by atoms with Crippen molar-refractivity contribution in [3.05, 3.63) is 18.0 Å². The standard InChI is InChI=1S/C14H20N4O4/c1-2-3-8-22-14(21)18-6-4-17(5-7-18)13-15-9-11(10-16-13)12(19)20/h9-10H,2-8H2,1H3,(H,19,20). The summed E-state index contributed by atoms with van der Waals surface area (Å²) in [5.41, 5.74) is 0.0573. The molecule has 1 fully saturated rings. The first-order valence-electron chi connectivity index (χ1n) is 7.33. The molecule has 0 atom stereocenters. The first-order valence-corrected chi connectivity index (χ1v) is 7.33. The molecule has 0 radical (unpaired) electrons. The highest BCUT2D eigenvalue weighted by atomic mass is 16.6. The molecule has 2 heterocycles. The van der Waals surface area contributed by atoms with E-state index in [4.69, 9.17) is 9.84 Å². The fourth-order valence-electron chi connectivity index (χ4n) is 2.08. The fraction of sp³-hybridized carbons (Fsp3) is 0.571. The van der Waals surface area contributed by atoms with Crippen LogP contribution in [-0.2, 0) is 4.74 Å². The first-order chi connectivity index (χ1) is 10.6. The molecule has 22 heavy (non-hydrogen) atoms. The van der Waals surface area contributed by atoms with Gasteiger partial charge in [0.25, 0.3) is 0 Å². The Morgan fingerprint density at radius 3 is 2.41 bits per heavy atom. The SMILES string of the molecule is CCCCOC(=O)N1CCN(c2ncc(C(=O)O)cn2)CC1. The molecule has 0 unspecified atom stereocenters. The Labute approximate surface area is 128 Å². The molecule has 1 N–H and O–H groups in total. The van der Waals surface area contributed by atoms with E-state index in [1.54, 1.807) is 4.90 Å². The molecule has 0 bridgehead atoms. The van der Waals surface area contributed by atoms with E-state index < -0.39 is 5.97 Å². The predicted octanol–water partition coefficient (Wildman–Crippen LogP) is 1.23. The lowest BCUT2D eigenvalue weighted by molar-refractivity contribution is 0.0695. The van der Waals surface area contributed by atoms with E-state index in [2.05, 4.69) is 9.97 Å². The van der Waals surface area contributed by atoms with Gasteiger partial charge in [-0.2, -0.15) is 0 Å². The van der Waals surface area contributed by atoms with Crippen LogP contribution in [0.15, 0.2) is 12.4 Å². The van der Waals surface area contributed by atoms with Crippen molar-refractivity contribution in [2.24, 2.45) is 0 Å². The van der Waals surface area contributed by atoms with Crippen LogP contribution in [0.2, 0.25) is 0 Å². The quantitative estimate of drug-likeness (QED) is 0.817. The van der Waals surface area contributed by atoms with Gasteiger partial charge in [0, 0.05) is 38.6 Å². The molecule has 1 aromatic rings. The lowest BCUT2D eigenvalue weighted by atomic mass is 10.3. The third kappa shape index (κ3) is 4.06. The van der Waals surface area contributed by atoms with Gasteiger partial charge in [0.1, 0.15) is 0 Å². The number of carboxylic acid groups (broad SMARTS) is 1. The summed E-state index contributed by atoms with van der Waals surface area (Å²) in [6.45, 7) is 4.76. The lowest BCUT2D eigenvalue weighted by Gasteiger charge is -2.34. The topological polar surface area (TPSA) is 95.9 Å². The summed E-state index contributed by atoms with van der Waals surface area (Å²) < 4.78 is 5.18. The smallest absolute Gasteiger partial charge is 0.409 e. The Morgan fingerprint density at radius 2 is 1.86 bits per heavy atom. The monoisotopic (exact) mass is 308 g/mol. The number of ether oxygens (including phenoxy) is 1. The van der Waals surface area contributed by atoms with Gasteiger partial charge in [0.15, 0.2) is 0 Å². The van der Waals surface area contributed by atoms with Crippen LogP contribution in [0.3, 0.4) is 0 Å². The van der Waals surface area contributed by atoms with Crippen molar-refractivity contribution >= 4 is 18.0 Å². The molecule has 1 aromatic heterocycles. The van der Waals surface area contributed by atoms with Gasteiger partial charge < -0.3 is 19.6 Å². The number of carbonyl (C=O) groups is 2. The van der Waals surface area contributed by atoms with Crippen LogP contribution in [0.1, 0.15) is 30.1 Å². The van der Waals surface area contributed by atoms with Crippen molar-refractivity contribution in [3.8, 4) is 0 Å². The minimum absolute atomic E-state index is 0.0573. The molecule has 1 saturated heterocycles. The minimum Gasteiger partial charge on any atom is -0.478 e. The Morgan fingerprint density at radius 1 is 1.23 bits per heavy atom. The molecule has 0 spiro atoms. The maximum atomic E-state index is 11.8. The van der Waals surface area contributed by atoms with Crippen molar-refractivity contribution < 1.29 is 19.4 Å². The average Bonchev–Trinajstić information content (AvgIpc) is 2.55. The van der Waals surface area contributed by atoms with E-state index in [-0.39, 0.29) is 11.7 Å². The van der Waals surface area contributed by atoms with Crippen LogP contribution in [0.4, 0.5) is 10.7 Å². The van der Waals surface area contributed by atoms with Crippen LogP contribution in [0.25, 0.3) is 0 Å². The maximum absolute atomic E-state index is 11.8. The first kappa shape index (κ1) is 16.0. The van der Waals surface area contributed by atoms with Crippen molar-refractivity contribution in [1.82, 2.24) is 14.9 Å². The van der Waals surface area contributed by atoms with Crippen LogP contribution in [0.5, 0.6) is 0 Å². The number of amides is 1. The van der Waals surface area contributed by atoms with Gasteiger partial charge in [-0.3, -0.25) is 0 Å². The molecule has 8 heteroatoms. The second-order valence-electron chi connectivity index (χ2n) is 5.02. The number of unbranched alkanes of at least 4 members (excludes halogenated alkanes) is 1. The number of hydrogen-bond acceptors (Lipinski definition) is 6. The molecule has 0 saturated carbocycles. The van der Waals surface area contributed by atoms with Crippen LogP contribution < -0.4 is 4.90 Å². The van der Waals surface area contributed by atoms with Crippen molar-refractivity contribution in [2.75, 3.05) is 37.7 Å². The molecule has 0 aromatic carbocycles. The Hall–Kier alpha value is -2.38. The molecule has 2 rings (SSSR count). The van der Waals surface area contributed by atoms with E-state index in [1.807, 2.05) is 11.8 Å². The summed E-state index contributed by atoms with van der Waals surface area (Å²) in [5, 5.41) is 8.82. The minimum atomic E-state index is -1.05. The summed E-state index contributed by atoms with van der Waals surface area (Å²) in [5.74, 6) is -0.574. The molecule has 8 nitrogen and oxygen atoms in total. The highest BCUT2D eigenvalue weighted by Crippen LogP contribution is 2.11. The number of nitrogens with zero attached hydrogens (tertiary/aromatic N) is 4. The van der Waals surface area contributed by atoms with Gasteiger partial charge in [-0.05, 0) is 6.42 Å². The van der Waals surface area contributed by atoms with Gasteiger partial charge in [-0.1, -0.05) is 13.3 Å². The summed E-state index contributed by atoms with van der Waals surface area (Å²) in [6, 6.07) is 0. The zero-order chi connectivity index (χ0) is 15.9. The zero-order valence-electron chi connectivity index (χ0n) is 12.6. The number of carboxylic acids is 1. The second-order valence-corrected chi connectivity index (χ2v) is 5.02. The summed E-state index contributed by atoms with van der Waals surface area (Å²) in [4.78, 5) is 34.3. The summed E-state index contributed by atoms with van der Waals surface area (Å²) in [7, 11) is 0. The number of aromatic carboxylic acids is 1. The number of anilines is 1. The number of piperazine rings is 1. The van der Waals surface area contributed by atoms with Gasteiger partial charge in [-0.15, -0.1) is 0 Å². The molecule has 0 aliphatic carbocycles. The third-order valence-corrected chi connectivity index (χ3v) is 3.43. The molecule has 1 amide bonds. The largest absolute Gasteiger partial charge is 0.478 e. The van der Waals surface area contributed by atoms with Crippen LogP contribution >= 0.6 is 0 Å². The van der Waals surface area contributed by atoms with Gasteiger partial charge in [-0.25, -0.2) is 19.6 Å². The average molecular weight is 308 g/mol. The van der Waals surface area contributed by atoms with E-state index >= 15 is 0 Å². The highest BCUT2D eigenvalue weighted by Gasteiger charge is 2.23. The maximum Gasteiger partial charge on any atom is 0.409 e. The van der Waals surface area contributed by atoms with Crippen LogP contribution in [0, 0.1) is 0 Å². The highest BCUT2D eigenvalue weighted by molar-refractivity contribution is 5.86. The molecular weight excluding hydrogens is 288 g/mol.